The number of esters is 1. The van der Waals surface area contributed by atoms with Crippen LogP contribution < -0.4 is 5.46 Å². The van der Waals surface area contributed by atoms with Gasteiger partial charge in [-0.1, -0.05) is 42.6 Å². The average Bonchev–Trinajstić information content (AvgIpc) is 3.00. The fourth-order valence-electron chi connectivity index (χ4n) is 3.48. The van der Waals surface area contributed by atoms with Gasteiger partial charge >= 0.3 is 5.97 Å². The summed E-state index contributed by atoms with van der Waals surface area (Å²) >= 11 is 2.03. The summed E-state index contributed by atoms with van der Waals surface area (Å²) in [6, 6.07) is 8.58. The molecule has 24 heavy (non-hydrogen) atoms. The van der Waals surface area contributed by atoms with Crippen molar-refractivity contribution in [3.8, 4) is 0 Å². The highest BCUT2D eigenvalue weighted by atomic mass is 32.2. The fourth-order valence-corrected chi connectivity index (χ4v) is 4.84. The molecule has 2 aliphatic rings. The first-order valence-electron chi connectivity index (χ1n) is 9.10. The van der Waals surface area contributed by atoms with E-state index in [4.69, 9.17) is 9.47 Å². The predicted octanol–water partition coefficient (Wildman–Crippen LogP) is 3.33. The number of rotatable bonds is 7. The molecule has 1 aromatic carbocycles. The summed E-state index contributed by atoms with van der Waals surface area (Å²) in [5.41, 5.74) is 2.45. The van der Waals surface area contributed by atoms with Crippen LogP contribution in [-0.2, 0) is 20.0 Å². The van der Waals surface area contributed by atoms with Gasteiger partial charge in [-0.2, -0.15) is 11.8 Å². The second-order valence-corrected chi connectivity index (χ2v) is 7.83. The van der Waals surface area contributed by atoms with Crippen molar-refractivity contribution >= 4 is 30.5 Å². The number of ether oxygens (including phenoxy) is 2. The highest BCUT2D eigenvalue weighted by Crippen LogP contribution is 2.32. The van der Waals surface area contributed by atoms with Gasteiger partial charge in [-0.25, -0.2) is 0 Å². The zero-order valence-electron chi connectivity index (χ0n) is 14.4. The Kier molecular flexibility index (Phi) is 6.67. The first-order valence-corrected chi connectivity index (χ1v) is 10.1. The van der Waals surface area contributed by atoms with Gasteiger partial charge < -0.3 is 9.47 Å². The maximum Gasteiger partial charge on any atom is 0.301 e. The Bertz CT molecular complexity index is 532. The van der Waals surface area contributed by atoms with E-state index in [1.165, 1.54) is 31.2 Å². The number of hydrogen-bond acceptors (Lipinski definition) is 4. The standard InChI is InChI=1S/C19H26BO3S/c1-2-22-17-5-3-4-6-18(17)24-13-14-7-9-15(10-8-14)20-16-11-12-23-19(16)21/h7-10,16-18H,2-6,11-13H2,1H3/t16?,17-,18+/m1/s1. The third-order valence-electron chi connectivity index (χ3n) is 4.84. The molecule has 0 amide bonds. The van der Waals surface area contributed by atoms with Crippen LogP contribution in [0.4, 0.5) is 0 Å². The van der Waals surface area contributed by atoms with E-state index < -0.39 is 0 Å². The average molecular weight is 345 g/mol. The Balaban J connectivity index is 1.49. The van der Waals surface area contributed by atoms with Crippen LogP contribution in [0.5, 0.6) is 0 Å². The van der Waals surface area contributed by atoms with E-state index in [1.807, 2.05) is 19.0 Å². The summed E-state index contributed by atoms with van der Waals surface area (Å²) < 4.78 is 10.9. The number of hydrogen-bond donors (Lipinski definition) is 0. The molecule has 129 valence electrons. The summed E-state index contributed by atoms with van der Waals surface area (Å²) in [5.74, 6) is 0.869. The van der Waals surface area contributed by atoms with E-state index in [0.717, 1.165) is 24.2 Å². The van der Waals surface area contributed by atoms with Gasteiger partial charge in [0.2, 0.25) is 0 Å². The van der Waals surface area contributed by atoms with Gasteiger partial charge in [-0.3, -0.25) is 4.79 Å². The lowest BCUT2D eigenvalue weighted by molar-refractivity contribution is -0.137. The van der Waals surface area contributed by atoms with Gasteiger partial charge in [0.1, 0.15) is 0 Å². The van der Waals surface area contributed by atoms with Crippen LogP contribution in [0.25, 0.3) is 0 Å². The summed E-state index contributed by atoms with van der Waals surface area (Å²) in [6.07, 6.45) is 6.33. The molecular weight excluding hydrogens is 319 g/mol. The predicted molar refractivity (Wildman–Crippen MR) is 100 cm³/mol. The first-order chi connectivity index (χ1) is 11.8. The zero-order valence-corrected chi connectivity index (χ0v) is 15.2. The van der Waals surface area contributed by atoms with E-state index in [1.54, 1.807) is 0 Å². The molecule has 0 N–H and O–H groups in total. The number of carbonyl (C=O) groups excluding carboxylic acids is 1. The minimum absolute atomic E-state index is 0.0700. The van der Waals surface area contributed by atoms with Gasteiger partial charge in [-0.15, -0.1) is 0 Å². The van der Waals surface area contributed by atoms with Crippen LogP contribution in [0.15, 0.2) is 24.3 Å². The number of cyclic esters (lactones) is 1. The Morgan fingerprint density at radius 2 is 2.00 bits per heavy atom. The first kappa shape index (κ1) is 17.9. The second-order valence-electron chi connectivity index (χ2n) is 6.60. The normalized spacial score (nSPS) is 27.0. The Morgan fingerprint density at radius 3 is 2.71 bits per heavy atom. The molecule has 1 saturated heterocycles. The molecule has 1 radical (unpaired) electrons. The molecule has 3 atom stereocenters. The van der Waals surface area contributed by atoms with Crippen LogP contribution in [0.3, 0.4) is 0 Å². The largest absolute Gasteiger partial charge is 0.466 e. The summed E-state index contributed by atoms with van der Waals surface area (Å²) in [7, 11) is 2.03. The van der Waals surface area contributed by atoms with Crippen LogP contribution in [0.1, 0.15) is 44.6 Å². The van der Waals surface area contributed by atoms with Gasteiger partial charge in [0.05, 0.1) is 12.7 Å². The van der Waals surface area contributed by atoms with Gasteiger partial charge in [0.25, 0.3) is 0 Å². The van der Waals surface area contributed by atoms with Gasteiger partial charge in [-0.05, 0) is 31.7 Å². The molecule has 2 fully saturated rings. The van der Waals surface area contributed by atoms with Gasteiger partial charge in [0, 0.05) is 23.4 Å². The van der Waals surface area contributed by atoms with Crippen LogP contribution in [0.2, 0.25) is 5.82 Å². The lowest BCUT2D eigenvalue weighted by atomic mass is 9.58. The molecule has 5 heteroatoms. The highest BCUT2D eigenvalue weighted by molar-refractivity contribution is 7.99. The molecule has 1 aromatic rings. The SMILES string of the molecule is CCO[C@@H]1CCCC[C@@H]1SCc1ccc([B]C2CCOC2=O)cc1. The Hall–Kier alpha value is -0.935. The van der Waals surface area contributed by atoms with Crippen molar-refractivity contribution < 1.29 is 14.3 Å². The fraction of sp³-hybridized carbons (Fsp3) is 0.632. The van der Waals surface area contributed by atoms with Crippen LogP contribution in [-0.4, -0.2) is 37.8 Å². The second kappa shape index (κ2) is 8.96. The summed E-state index contributed by atoms with van der Waals surface area (Å²) in [4.78, 5) is 11.5. The maximum absolute atomic E-state index is 11.5. The zero-order chi connectivity index (χ0) is 16.8. The minimum atomic E-state index is -0.0890. The van der Waals surface area contributed by atoms with Crippen molar-refractivity contribution in [2.45, 2.75) is 62.0 Å². The van der Waals surface area contributed by atoms with Crippen molar-refractivity contribution in [3.63, 3.8) is 0 Å². The molecule has 1 aliphatic carbocycles. The van der Waals surface area contributed by atoms with Crippen molar-refractivity contribution in [1.29, 1.82) is 0 Å². The van der Waals surface area contributed by atoms with E-state index in [9.17, 15) is 4.79 Å². The van der Waals surface area contributed by atoms with E-state index in [2.05, 4.69) is 31.2 Å². The monoisotopic (exact) mass is 345 g/mol. The summed E-state index contributed by atoms with van der Waals surface area (Å²) in [5, 5.41) is 0.623. The summed E-state index contributed by atoms with van der Waals surface area (Å²) in [6.45, 7) is 3.46. The third-order valence-corrected chi connectivity index (χ3v) is 6.30. The number of benzene rings is 1. The van der Waals surface area contributed by atoms with Crippen LogP contribution >= 0.6 is 11.8 Å². The lowest BCUT2D eigenvalue weighted by Crippen LogP contribution is -2.30. The Labute approximate surface area is 150 Å². The van der Waals surface area contributed by atoms with Crippen molar-refractivity contribution in [2.24, 2.45) is 0 Å². The molecule has 0 spiro atoms. The minimum Gasteiger partial charge on any atom is -0.466 e. The lowest BCUT2D eigenvalue weighted by Gasteiger charge is -2.30. The molecule has 3 nitrogen and oxygen atoms in total. The Morgan fingerprint density at radius 1 is 1.21 bits per heavy atom. The molecule has 1 unspecified atom stereocenters. The smallest absolute Gasteiger partial charge is 0.301 e. The maximum atomic E-state index is 11.5. The van der Waals surface area contributed by atoms with Crippen molar-refractivity contribution in [3.05, 3.63) is 29.8 Å². The molecule has 1 saturated carbocycles. The highest BCUT2D eigenvalue weighted by Gasteiger charge is 2.27. The van der Waals surface area contributed by atoms with Crippen molar-refractivity contribution in [1.82, 2.24) is 0 Å². The quantitative estimate of drug-likeness (QED) is 0.561. The molecular formula is C19H26BO3S. The molecule has 1 aliphatic heterocycles. The molecule has 1 heterocycles. The van der Waals surface area contributed by atoms with E-state index in [0.29, 0.717) is 18.0 Å². The van der Waals surface area contributed by atoms with E-state index in [-0.39, 0.29) is 11.8 Å². The topological polar surface area (TPSA) is 35.5 Å². The molecule has 0 aromatic heterocycles. The van der Waals surface area contributed by atoms with Gasteiger partial charge in [0.15, 0.2) is 7.28 Å². The van der Waals surface area contributed by atoms with Crippen molar-refractivity contribution in [2.75, 3.05) is 13.2 Å². The molecule has 0 bridgehead atoms. The van der Waals surface area contributed by atoms with E-state index >= 15 is 0 Å². The van der Waals surface area contributed by atoms with Crippen LogP contribution in [0, 0.1) is 0 Å². The molecule has 3 rings (SSSR count). The number of thioether (sulfide) groups is 1. The number of carbonyl (C=O) groups is 1. The third kappa shape index (κ3) is 4.79.